The van der Waals surface area contributed by atoms with E-state index in [0.717, 1.165) is 5.56 Å². The number of hydrogen-bond donors (Lipinski definition) is 1. The number of aromatic nitrogens is 1. The Morgan fingerprint density at radius 2 is 2.06 bits per heavy atom. The highest BCUT2D eigenvalue weighted by Gasteiger charge is 2.26. The predicted octanol–water partition coefficient (Wildman–Crippen LogP) is 0.959. The highest BCUT2D eigenvalue weighted by Crippen LogP contribution is 2.15. The van der Waals surface area contributed by atoms with E-state index in [4.69, 9.17) is 5.73 Å². The smallest absolute Gasteiger partial charge is 0.260 e. The number of sulfonamides is 1. The van der Waals surface area contributed by atoms with Gasteiger partial charge in [0.2, 0.25) is 0 Å². The predicted molar refractivity (Wildman–Crippen MR) is 66.8 cm³/mol. The van der Waals surface area contributed by atoms with Crippen LogP contribution in [0.1, 0.15) is 26.3 Å². The number of nitrogens with two attached hydrogens (primary N) is 1. The van der Waals surface area contributed by atoms with Gasteiger partial charge in [0.25, 0.3) is 10.0 Å². The first-order valence-electron chi connectivity index (χ1n) is 5.60. The highest BCUT2D eigenvalue weighted by atomic mass is 32.2. The Hall–Kier alpha value is -0.980. The fourth-order valence-electron chi connectivity index (χ4n) is 1.62. The van der Waals surface area contributed by atoms with Gasteiger partial charge in [0.05, 0.1) is 0 Å². The van der Waals surface area contributed by atoms with E-state index in [1.807, 2.05) is 20.8 Å². The fraction of sp³-hybridized carbons (Fsp3) is 0.545. The second-order valence-corrected chi connectivity index (χ2v) is 5.85. The summed E-state index contributed by atoms with van der Waals surface area (Å²) in [5, 5.41) is 0.0743. The molecule has 0 spiro atoms. The maximum absolute atomic E-state index is 12.2. The second-order valence-electron chi connectivity index (χ2n) is 4.01. The van der Waals surface area contributed by atoms with Crippen molar-refractivity contribution in [3.63, 3.8) is 0 Å². The van der Waals surface area contributed by atoms with Crippen LogP contribution in [0.25, 0.3) is 0 Å². The number of pyridine rings is 1. The van der Waals surface area contributed by atoms with Gasteiger partial charge in [-0.25, -0.2) is 13.4 Å². The summed E-state index contributed by atoms with van der Waals surface area (Å²) >= 11 is 0. The van der Waals surface area contributed by atoms with Crippen LogP contribution in [0.15, 0.2) is 23.4 Å². The first kappa shape index (κ1) is 14.1. The Morgan fingerprint density at radius 1 is 1.41 bits per heavy atom. The molecule has 0 unspecified atom stereocenters. The molecule has 1 aromatic heterocycles. The Balaban J connectivity index is 3.11. The third kappa shape index (κ3) is 3.02. The molecule has 6 heteroatoms. The number of hydrogen-bond acceptors (Lipinski definition) is 4. The molecule has 0 aliphatic heterocycles. The summed E-state index contributed by atoms with van der Waals surface area (Å²) in [5.41, 5.74) is 6.26. The van der Waals surface area contributed by atoms with Gasteiger partial charge in [-0.05, 0) is 25.5 Å². The SMILES string of the molecule is CCN(C(C)C)S(=O)(=O)c1ccc(CN)cn1. The molecule has 96 valence electrons. The van der Waals surface area contributed by atoms with Gasteiger partial charge in [0.15, 0.2) is 5.03 Å². The van der Waals surface area contributed by atoms with E-state index in [9.17, 15) is 8.42 Å². The van der Waals surface area contributed by atoms with Crippen LogP contribution in [0.4, 0.5) is 0 Å². The average Bonchev–Trinajstić information content (AvgIpc) is 2.29. The first-order chi connectivity index (χ1) is 7.93. The zero-order valence-electron chi connectivity index (χ0n) is 10.4. The molecular weight excluding hydrogens is 238 g/mol. The summed E-state index contributed by atoms with van der Waals surface area (Å²) in [7, 11) is -3.49. The zero-order valence-corrected chi connectivity index (χ0v) is 11.2. The topological polar surface area (TPSA) is 76.3 Å². The van der Waals surface area contributed by atoms with E-state index in [2.05, 4.69) is 4.98 Å². The van der Waals surface area contributed by atoms with Crippen LogP contribution >= 0.6 is 0 Å². The Morgan fingerprint density at radius 3 is 2.41 bits per heavy atom. The van der Waals surface area contributed by atoms with Crippen LogP contribution in [0.3, 0.4) is 0 Å². The van der Waals surface area contributed by atoms with Crippen molar-refractivity contribution >= 4 is 10.0 Å². The van der Waals surface area contributed by atoms with Gasteiger partial charge >= 0.3 is 0 Å². The van der Waals surface area contributed by atoms with Crippen molar-refractivity contribution in [2.75, 3.05) is 6.54 Å². The highest BCUT2D eigenvalue weighted by molar-refractivity contribution is 7.89. The van der Waals surface area contributed by atoms with Crippen molar-refractivity contribution in [1.29, 1.82) is 0 Å². The fourth-order valence-corrected chi connectivity index (χ4v) is 3.18. The van der Waals surface area contributed by atoms with Crippen molar-refractivity contribution in [2.24, 2.45) is 5.73 Å². The van der Waals surface area contributed by atoms with Gasteiger partial charge in [-0.15, -0.1) is 0 Å². The molecule has 0 atom stereocenters. The molecule has 0 radical (unpaired) electrons. The van der Waals surface area contributed by atoms with Gasteiger partial charge in [0.1, 0.15) is 0 Å². The van der Waals surface area contributed by atoms with Crippen molar-refractivity contribution in [1.82, 2.24) is 9.29 Å². The number of rotatable bonds is 5. The van der Waals surface area contributed by atoms with E-state index in [0.29, 0.717) is 13.1 Å². The van der Waals surface area contributed by atoms with Gasteiger partial charge in [-0.1, -0.05) is 13.0 Å². The molecule has 0 bridgehead atoms. The maximum atomic E-state index is 12.2. The Kier molecular flexibility index (Phi) is 4.62. The molecule has 0 saturated carbocycles. The molecule has 17 heavy (non-hydrogen) atoms. The summed E-state index contributed by atoms with van der Waals surface area (Å²) in [6, 6.07) is 3.11. The molecule has 0 aliphatic rings. The minimum atomic E-state index is -3.49. The van der Waals surface area contributed by atoms with Crippen LogP contribution in [0.5, 0.6) is 0 Å². The molecule has 0 fully saturated rings. The minimum absolute atomic E-state index is 0.0743. The molecule has 0 aliphatic carbocycles. The lowest BCUT2D eigenvalue weighted by Gasteiger charge is -2.23. The summed E-state index contributed by atoms with van der Waals surface area (Å²) in [5.74, 6) is 0. The third-order valence-corrected chi connectivity index (χ3v) is 4.56. The minimum Gasteiger partial charge on any atom is -0.326 e. The average molecular weight is 257 g/mol. The summed E-state index contributed by atoms with van der Waals surface area (Å²) in [6.07, 6.45) is 1.50. The molecule has 1 heterocycles. The van der Waals surface area contributed by atoms with Crippen molar-refractivity contribution in [3.8, 4) is 0 Å². The lowest BCUT2D eigenvalue weighted by atomic mass is 10.3. The lowest BCUT2D eigenvalue weighted by molar-refractivity contribution is 0.367. The maximum Gasteiger partial charge on any atom is 0.260 e. The van der Waals surface area contributed by atoms with Crippen LogP contribution in [-0.2, 0) is 16.6 Å². The van der Waals surface area contributed by atoms with Crippen LogP contribution in [-0.4, -0.2) is 30.3 Å². The summed E-state index contributed by atoms with van der Waals surface area (Å²) in [6.45, 7) is 6.28. The molecule has 0 saturated heterocycles. The molecular formula is C11H19N3O2S. The van der Waals surface area contributed by atoms with Crippen molar-refractivity contribution < 1.29 is 8.42 Å². The second kappa shape index (κ2) is 5.57. The molecule has 5 nitrogen and oxygen atoms in total. The molecule has 0 aromatic carbocycles. The van der Waals surface area contributed by atoms with E-state index < -0.39 is 10.0 Å². The van der Waals surface area contributed by atoms with Gasteiger partial charge in [-0.2, -0.15) is 4.31 Å². The van der Waals surface area contributed by atoms with E-state index in [1.54, 1.807) is 6.07 Å². The Bertz CT molecular complexity index is 454. The largest absolute Gasteiger partial charge is 0.326 e. The first-order valence-corrected chi connectivity index (χ1v) is 7.04. The van der Waals surface area contributed by atoms with Crippen molar-refractivity contribution in [2.45, 2.75) is 38.4 Å². The number of nitrogens with zero attached hydrogens (tertiary/aromatic N) is 2. The Labute approximate surface area is 103 Å². The van der Waals surface area contributed by atoms with Gasteiger partial charge in [0, 0.05) is 25.3 Å². The van der Waals surface area contributed by atoms with Gasteiger partial charge in [-0.3, -0.25) is 0 Å². The normalized spacial score (nSPS) is 12.4. The quantitative estimate of drug-likeness (QED) is 0.852. The van der Waals surface area contributed by atoms with E-state index >= 15 is 0 Å². The van der Waals surface area contributed by atoms with E-state index in [1.165, 1.54) is 16.6 Å². The van der Waals surface area contributed by atoms with E-state index in [-0.39, 0.29) is 11.1 Å². The standard InChI is InChI=1S/C11H19N3O2S/c1-4-14(9(2)3)17(15,16)11-6-5-10(7-12)8-13-11/h5-6,8-9H,4,7,12H2,1-3H3. The van der Waals surface area contributed by atoms with Crippen LogP contribution in [0, 0.1) is 0 Å². The van der Waals surface area contributed by atoms with Crippen LogP contribution < -0.4 is 5.73 Å². The molecule has 2 N–H and O–H groups in total. The van der Waals surface area contributed by atoms with Crippen molar-refractivity contribution in [3.05, 3.63) is 23.9 Å². The summed E-state index contributed by atoms with van der Waals surface area (Å²) < 4.78 is 25.9. The zero-order chi connectivity index (χ0) is 13.1. The lowest BCUT2D eigenvalue weighted by Crippen LogP contribution is -2.37. The molecule has 1 aromatic rings. The van der Waals surface area contributed by atoms with Gasteiger partial charge < -0.3 is 5.73 Å². The monoisotopic (exact) mass is 257 g/mol. The third-order valence-electron chi connectivity index (χ3n) is 2.49. The molecule has 0 amide bonds. The summed E-state index contributed by atoms with van der Waals surface area (Å²) in [4.78, 5) is 3.96. The molecule has 1 rings (SSSR count). The van der Waals surface area contributed by atoms with Crippen LogP contribution in [0.2, 0.25) is 0 Å².